The summed E-state index contributed by atoms with van der Waals surface area (Å²) in [7, 11) is 5.19. The lowest BCUT2D eigenvalue weighted by molar-refractivity contribution is 0.0989. The molecule has 0 aliphatic carbocycles. The summed E-state index contributed by atoms with van der Waals surface area (Å²) in [5.41, 5.74) is 3.79. The summed E-state index contributed by atoms with van der Waals surface area (Å²) in [5.74, 6) is 0.916. The van der Waals surface area contributed by atoms with Crippen LogP contribution in [-0.4, -0.2) is 58.3 Å². The van der Waals surface area contributed by atoms with Crippen LogP contribution in [0.4, 0.5) is 11.6 Å². The van der Waals surface area contributed by atoms with Gasteiger partial charge in [0, 0.05) is 36.0 Å². The van der Waals surface area contributed by atoms with Gasteiger partial charge < -0.3 is 19.3 Å². The summed E-state index contributed by atoms with van der Waals surface area (Å²) in [6, 6.07) is 11.8. The number of nitrogens with zero attached hydrogens (tertiary/aromatic N) is 6. The Balaban J connectivity index is 1.80. The van der Waals surface area contributed by atoms with Crippen molar-refractivity contribution in [2.45, 2.75) is 25.9 Å². The van der Waals surface area contributed by atoms with Gasteiger partial charge in [0.1, 0.15) is 11.9 Å². The number of halogens is 2. The lowest BCUT2D eigenvalue weighted by Crippen LogP contribution is -2.31. The van der Waals surface area contributed by atoms with Crippen LogP contribution >= 0.6 is 23.2 Å². The Morgan fingerprint density at radius 3 is 2.44 bits per heavy atom. The van der Waals surface area contributed by atoms with E-state index in [1.165, 1.54) is 7.11 Å². The Morgan fingerprint density at radius 2 is 1.79 bits per heavy atom. The number of carbonyl (C=O) groups excluding carboxylic acids is 1. The van der Waals surface area contributed by atoms with E-state index in [1.54, 1.807) is 40.3 Å². The van der Waals surface area contributed by atoms with E-state index in [0.717, 1.165) is 11.1 Å². The minimum absolute atomic E-state index is 0.188. The number of aryl methyl sites for hydroxylation is 1. The van der Waals surface area contributed by atoms with Gasteiger partial charge in [-0.15, -0.1) is 0 Å². The average Bonchev–Trinajstić information content (AvgIpc) is 3.44. The van der Waals surface area contributed by atoms with E-state index >= 15 is 0 Å². The van der Waals surface area contributed by atoms with E-state index in [0.29, 0.717) is 44.6 Å². The average molecular weight is 567 g/mol. The molecule has 2 aromatic carbocycles. The van der Waals surface area contributed by atoms with E-state index in [-0.39, 0.29) is 18.2 Å². The maximum absolute atomic E-state index is 14.2. The van der Waals surface area contributed by atoms with Gasteiger partial charge in [-0.05, 0) is 49.2 Å². The second kappa shape index (κ2) is 10.5. The summed E-state index contributed by atoms with van der Waals surface area (Å²) in [6.07, 6.45) is 1.62. The molecule has 2 atom stereocenters. The van der Waals surface area contributed by atoms with Crippen molar-refractivity contribution in [1.82, 2.24) is 19.5 Å². The summed E-state index contributed by atoms with van der Waals surface area (Å²) in [5, 5.41) is 11.4. The Morgan fingerprint density at radius 1 is 1.10 bits per heavy atom. The summed E-state index contributed by atoms with van der Waals surface area (Å²) < 4.78 is 7.49. The van der Waals surface area contributed by atoms with Gasteiger partial charge in [0.05, 0.1) is 31.0 Å². The Kier molecular flexibility index (Phi) is 7.24. The second-order valence-electron chi connectivity index (χ2n) is 9.62. The first-order chi connectivity index (χ1) is 18.7. The third-order valence-electron chi connectivity index (χ3n) is 6.78. The molecular weight excluding hydrogens is 539 g/mol. The van der Waals surface area contributed by atoms with Crippen molar-refractivity contribution >= 4 is 40.7 Å². The molecule has 2 aromatic heterocycles. The number of rotatable bonds is 7. The highest BCUT2D eigenvalue weighted by Gasteiger charge is 2.45. The van der Waals surface area contributed by atoms with Crippen LogP contribution in [0.25, 0.3) is 11.4 Å². The minimum atomic E-state index is -0.565. The van der Waals surface area contributed by atoms with Crippen molar-refractivity contribution in [3.63, 3.8) is 0 Å². The lowest BCUT2D eigenvalue weighted by Gasteiger charge is -2.30. The third kappa shape index (κ3) is 4.60. The first kappa shape index (κ1) is 26.9. The van der Waals surface area contributed by atoms with Crippen LogP contribution in [0.1, 0.15) is 46.3 Å². The monoisotopic (exact) mass is 566 g/mol. The molecule has 4 aromatic rings. The van der Waals surface area contributed by atoms with Crippen LogP contribution < -0.4 is 14.5 Å². The molecule has 0 saturated heterocycles. The number of anilines is 2. The smallest absolute Gasteiger partial charge is 0.279 e. The molecule has 11 heteroatoms. The molecule has 5 rings (SSSR count). The molecule has 0 spiro atoms. The number of benzene rings is 2. The number of hydrogen-bond donors (Lipinski definition) is 1. The van der Waals surface area contributed by atoms with Gasteiger partial charge in [0.15, 0.2) is 5.69 Å². The Labute approximate surface area is 236 Å². The van der Waals surface area contributed by atoms with Gasteiger partial charge in [-0.25, -0.2) is 9.97 Å². The molecule has 1 amide bonds. The zero-order valence-corrected chi connectivity index (χ0v) is 23.7. The predicted molar refractivity (Wildman–Crippen MR) is 152 cm³/mol. The number of hydrogen-bond acceptors (Lipinski definition) is 7. The molecule has 0 radical (unpaired) electrons. The van der Waals surface area contributed by atoms with E-state index in [1.807, 2.05) is 50.7 Å². The van der Waals surface area contributed by atoms with Crippen LogP contribution in [-0.2, 0) is 0 Å². The van der Waals surface area contributed by atoms with E-state index in [4.69, 9.17) is 32.9 Å². The number of aliphatic hydroxyl groups excluding tert-OH is 1. The lowest BCUT2D eigenvalue weighted by atomic mass is 10.0. The van der Waals surface area contributed by atoms with Crippen LogP contribution in [0, 0.1) is 6.92 Å². The SMILES string of the molecule is COc1nc(N(C)C)ncc1-c1nc2c(n1C(C)CO)C(c1ccc(Cl)cc1)N(c1cc(Cl)ccc1C)C2=O. The zero-order valence-electron chi connectivity index (χ0n) is 22.2. The predicted octanol–water partition coefficient (Wildman–Crippen LogP) is 5.33. The molecule has 1 aliphatic heterocycles. The zero-order chi connectivity index (χ0) is 28.0. The fraction of sp³-hybridized carbons (Fsp3) is 0.286. The number of amides is 1. The molecule has 1 aliphatic rings. The highest BCUT2D eigenvalue weighted by atomic mass is 35.5. The Bertz CT molecular complexity index is 1550. The first-order valence-corrected chi connectivity index (χ1v) is 13.1. The molecular formula is C28H28Cl2N6O3. The number of fused-ring (bicyclic) bond motifs is 1. The van der Waals surface area contributed by atoms with Crippen LogP contribution in [0.15, 0.2) is 48.7 Å². The van der Waals surface area contributed by atoms with Gasteiger partial charge in [-0.3, -0.25) is 9.69 Å². The van der Waals surface area contributed by atoms with Gasteiger partial charge in [-0.1, -0.05) is 41.4 Å². The third-order valence-corrected chi connectivity index (χ3v) is 7.27. The number of aliphatic hydroxyl groups is 1. The van der Waals surface area contributed by atoms with Crippen LogP contribution in [0.5, 0.6) is 5.88 Å². The largest absolute Gasteiger partial charge is 0.480 e. The minimum Gasteiger partial charge on any atom is -0.480 e. The van der Waals surface area contributed by atoms with Gasteiger partial charge in [0.25, 0.3) is 5.91 Å². The Hall–Kier alpha value is -3.66. The van der Waals surface area contributed by atoms with Crippen molar-refractivity contribution in [2.75, 3.05) is 37.6 Å². The maximum Gasteiger partial charge on any atom is 0.279 e. The summed E-state index contributed by atoms with van der Waals surface area (Å²) in [6.45, 7) is 3.61. The molecule has 0 fully saturated rings. The summed E-state index contributed by atoms with van der Waals surface area (Å²) in [4.78, 5) is 31.5. The molecule has 2 unspecified atom stereocenters. The van der Waals surface area contributed by atoms with E-state index in [9.17, 15) is 9.90 Å². The quantitative estimate of drug-likeness (QED) is 0.322. The van der Waals surface area contributed by atoms with Gasteiger partial charge in [0.2, 0.25) is 11.8 Å². The fourth-order valence-corrected chi connectivity index (χ4v) is 5.15. The topological polar surface area (TPSA) is 96.6 Å². The van der Waals surface area contributed by atoms with Crippen LogP contribution in [0.3, 0.4) is 0 Å². The van der Waals surface area contributed by atoms with Gasteiger partial charge >= 0.3 is 0 Å². The van der Waals surface area contributed by atoms with Crippen molar-refractivity contribution in [3.05, 3.63) is 81.2 Å². The molecule has 1 N–H and O–H groups in total. The van der Waals surface area contributed by atoms with Crippen molar-refractivity contribution in [2.24, 2.45) is 0 Å². The fourth-order valence-electron chi connectivity index (χ4n) is 4.86. The molecule has 3 heterocycles. The molecule has 9 nitrogen and oxygen atoms in total. The number of carbonyl (C=O) groups is 1. The normalized spacial score (nSPS) is 15.4. The van der Waals surface area contributed by atoms with Crippen molar-refractivity contribution in [3.8, 4) is 17.3 Å². The van der Waals surface area contributed by atoms with Crippen molar-refractivity contribution in [1.29, 1.82) is 0 Å². The molecule has 39 heavy (non-hydrogen) atoms. The standard InChI is InChI=1S/C28H28Cl2N6O3/c1-15-6-9-19(30)12-21(15)36-23(17-7-10-18(29)11-8-17)24-22(27(36)38)32-25(35(24)16(2)14-37)20-13-31-28(34(3)4)33-26(20)39-5/h6-13,16,23,37H,14H2,1-5H3. The number of imidazole rings is 1. The highest BCUT2D eigenvalue weighted by molar-refractivity contribution is 6.31. The first-order valence-electron chi connectivity index (χ1n) is 12.3. The maximum atomic E-state index is 14.2. The summed E-state index contributed by atoms with van der Waals surface area (Å²) >= 11 is 12.6. The highest BCUT2D eigenvalue weighted by Crippen LogP contribution is 2.46. The van der Waals surface area contributed by atoms with Crippen molar-refractivity contribution < 1.29 is 14.6 Å². The number of aromatic nitrogens is 4. The molecule has 202 valence electrons. The number of ether oxygens (including phenoxy) is 1. The molecule has 0 saturated carbocycles. The second-order valence-corrected chi connectivity index (χ2v) is 10.5. The number of methoxy groups -OCH3 is 1. The van der Waals surface area contributed by atoms with Gasteiger partial charge in [-0.2, -0.15) is 4.98 Å². The van der Waals surface area contributed by atoms with E-state index in [2.05, 4.69) is 9.97 Å². The van der Waals surface area contributed by atoms with Crippen LogP contribution in [0.2, 0.25) is 10.0 Å². The van der Waals surface area contributed by atoms with E-state index < -0.39 is 12.1 Å². The molecule has 0 bridgehead atoms.